The van der Waals surface area contributed by atoms with Gasteiger partial charge in [0.25, 0.3) is 0 Å². The van der Waals surface area contributed by atoms with Crippen LogP contribution in [-0.4, -0.2) is 23.5 Å². The van der Waals surface area contributed by atoms with Crippen LogP contribution in [0.25, 0.3) is 0 Å². The number of aromatic nitrogens is 2. The average Bonchev–Trinajstić information content (AvgIpc) is 2.52. The number of nitrogen functional groups attached to an aromatic ring is 1. The minimum atomic E-state index is 0.443. The third kappa shape index (κ3) is 2.48. The molecule has 0 radical (unpaired) electrons. The second-order valence-corrected chi connectivity index (χ2v) is 3.28. The fourth-order valence-electron chi connectivity index (χ4n) is 1.41. The zero-order valence-electron chi connectivity index (χ0n) is 9.16. The minimum Gasteiger partial charge on any atom is -0.383 e. The first-order chi connectivity index (χ1) is 7.24. The number of anilines is 1. The summed E-state index contributed by atoms with van der Waals surface area (Å²) in [6.07, 6.45) is 1.74. The lowest BCUT2D eigenvalue weighted by Gasteiger charge is -2.01. The van der Waals surface area contributed by atoms with Crippen LogP contribution in [0.3, 0.4) is 0 Å². The van der Waals surface area contributed by atoms with Gasteiger partial charge in [-0.3, -0.25) is 0 Å². The van der Waals surface area contributed by atoms with Gasteiger partial charge in [-0.25, -0.2) is 4.68 Å². The Morgan fingerprint density at radius 2 is 2.33 bits per heavy atom. The van der Waals surface area contributed by atoms with E-state index in [-0.39, 0.29) is 0 Å². The molecule has 15 heavy (non-hydrogen) atoms. The van der Waals surface area contributed by atoms with Gasteiger partial charge in [-0.1, -0.05) is 13.3 Å². The Morgan fingerprint density at radius 3 is 2.87 bits per heavy atom. The van der Waals surface area contributed by atoms with E-state index < -0.39 is 0 Å². The molecule has 1 heterocycles. The Labute approximate surface area is 89.4 Å². The lowest BCUT2D eigenvalue weighted by atomic mass is 10.2. The maximum absolute atomic E-state index is 8.95. The van der Waals surface area contributed by atoms with Crippen LogP contribution < -0.4 is 5.73 Å². The van der Waals surface area contributed by atoms with Crippen molar-refractivity contribution in [2.24, 2.45) is 0 Å². The molecule has 1 aromatic heterocycles. The van der Waals surface area contributed by atoms with E-state index in [4.69, 9.17) is 15.7 Å². The van der Waals surface area contributed by atoms with Crippen molar-refractivity contribution in [2.45, 2.75) is 26.3 Å². The van der Waals surface area contributed by atoms with Crippen LogP contribution in [0.1, 0.15) is 24.6 Å². The Bertz CT molecular complexity index is 364. The van der Waals surface area contributed by atoms with Gasteiger partial charge in [-0.05, 0) is 6.42 Å². The number of hydrogen-bond donors (Lipinski definition) is 1. The van der Waals surface area contributed by atoms with E-state index >= 15 is 0 Å². The SMILES string of the molecule is CCCc1nn(CCOC)c(N)c1C#N. The van der Waals surface area contributed by atoms with Crippen LogP contribution in [0.2, 0.25) is 0 Å². The number of ether oxygens (including phenoxy) is 1. The van der Waals surface area contributed by atoms with Crippen LogP contribution in [0, 0.1) is 11.3 Å². The van der Waals surface area contributed by atoms with Gasteiger partial charge in [-0.2, -0.15) is 10.4 Å². The van der Waals surface area contributed by atoms with Crippen molar-refractivity contribution in [3.63, 3.8) is 0 Å². The first kappa shape index (κ1) is 11.5. The van der Waals surface area contributed by atoms with Gasteiger partial charge < -0.3 is 10.5 Å². The van der Waals surface area contributed by atoms with Crippen molar-refractivity contribution in [1.82, 2.24) is 9.78 Å². The molecule has 0 aliphatic carbocycles. The molecule has 82 valence electrons. The minimum absolute atomic E-state index is 0.443. The molecule has 0 amide bonds. The number of hydrogen-bond acceptors (Lipinski definition) is 4. The molecule has 0 saturated carbocycles. The number of nitriles is 1. The Hall–Kier alpha value is -1.54. The molecule has 0 fully saturated rings. The van der Waals surface area contributed by atoms with Gasteiger partial charge in [0.1, 0.15) is 17.5 Å². The molecule has 0 unspecified atom stereocenters. The van der Waals surface area contributed by atoms with Crippen molar-refractivity contribution in [3.05, 3.63) is 11.3 Å². The smallest absolute Gasteiger partial charge is 0.140 e. The molecule has 0 saturated heterocycles. The van der Waals surface area contributed by atoms with E-state index in [1.807, 2.05) is 6.92 Å². The summed E-state index contributed by atoms with van der Waals surface area (Å²) in [6.45, 7) is 3.18. The van der Waals surface area contributed by atoms with Crippen LogP contribution >= 0.6 is 0 Å². The molecule has 0 aliphatic rings. The highest BCUT2D eigenvalue weighted by Crippen LogP contribution is 2.16. The summed E-state index contributed by atoms with van der Waals surface area (Å²) in [5.74, 6) is 0.443. The lowest BCUT2D eigenvalue weighted by Crippen LogP contribution is -2.09. The molecule has 5 heteroatoms. The first-order valence-electron chi connectivity index (χ1n) is 4.98. The molecule has 2 N–H and O–H groups in total. The van der Waals surface area contributed by atoms with Crippen molar-refractivity contribution >= 4 is 5.82 Å². The van der Waals surface area contributed by atoms with Gasteiger partial charge in [0.2, 0.25) is 0 Å². The van der Waals surface area contributed by atoms with Crippen molar-refractivity contribution in [1.29, 1.82) is 5.26 Å². The summed E-state index contributed by atoms with van der Waals surface area (Å²) in [7, 11) is 1.62. The molecule has 1 aromatic rings. The van der Waals surface area contributed by atoms with Crippen LogP contribution in [0.5, 0.6) is 0 Å². The van der Waals surface area contributed by atoms with Gasteiger partial charge in [-0.15, -0.1) is 0 Å². The van der Waals surface area contributed by atoms with E-state index in [2.05, 4.69) is 11.2 Å². The van der Waals surface area contributed by atoms with Crippen molar-refractivity contribution in [3.8, 4) is 6.07 Å². The highest BCUT2D eigenvalue weighted by Gasteiger charge is 2.13. The largest absolute Gasteiger partial charge is 0.383 e. The fourth-order valence-corrected chi connectivity index (χ4v) is 1.41. The second-order valence-electron chi connectivity index (χ2n) is 3.28. The van der Waals surface area contributed by atoms with Crippen molar-refractivity contribution in [2.75, 3.05) is 19.5 Å². The third-order valence-corrected chi connectivity index (χ3v) is 2.17. The summed E-state index contributed by atoms with van der Waals surface area (Å²) < 4.78 is 6.58. The quantitative estimate of drug-likeness (QED) is 0.781. The average molecular weight is 208 g/mol. The fraction of sp³-hybridized carbons (Fsp3) is 0.600. The molecular weight excluding hydrogens is 192 g/mol. The Morgan fingerprint density at radius 1 is 1.60 bits per heavy atom. The molecule has 0 aliphatic heterocycles. The number of rotatable bonds is 5. The van der Waals surface area contributed by atoms with E-state index in [0.29, 0.717) is 24.5 Å². The standard InChI is InChI=1S/C10H16N4O/c1-3-4-9-8(7-11)10(12)14(13-9)5-6-15-2/h3-6,12H2,1-2H3. The first-order valence-corrected chi connectivity index (χ1v) is 4.98. The van der Waals surface area contributed by atoms with Gasteiger partial charge in [0.05, 0.1) is 18.8 Å². The lowest BCUT2D eigenvalue weighted by molar-refractivity contribution is 0.184. The predicted octanol–water partition coefficient (Wildman–Crippen LogP) is 0.936. The Kier molecular flexibility index (Phi) is 4.13. The van der Waals surface area contributed by atoms with Gasteiger partial charge >= 0.3 is 0 Å². The van der Waals surface area contributed by atoms with E-state index in [1.54, 1.807) is 11.8 Å². The zero-order chi connectivity index (χ0) is 11.3. The van der Waals surface area contributed by atoms with Gasteiger partial charge in [0.15, 0.2) is 0 Å². The topological polar surface area (TPSA) is 76.9 Å². The zero-order valence-corrected chi connectivity index (χ0v) is 9.16. The van der Waals surface area contributed by atoms with Gasteiger partial charge in [0, 0.05) is 7.11 Å². The summed E-state index contributed by atoms with van der Waals surface area (Å²) in [5.41, 5.74) is 7.10. The van der Waals surface area contributed by atoms with E-state index in [1.165, 1.54) is 0 Å². The molecule has 5 nitrogen and oxygen atoms in total. The summed E-state index contributed by atoms with van der Waals surface area (Å²) in [4.78, 5) is 0. The predicted molar refractivity (Wildman–Crippen MR) is 57.2 cm³/mol. The summed E-state index contributed by atoms with van der Waals surface area (Å²) >= 11 is 0. The number of aryl methyl sites for hydroxylation is 1. The monoisotopic (exact) mass is 208 g/mol. The highest BCUT2D eigenvalue weighted by atomic mass is 16.5. The van der Waals surface area contributed by atoms with Crippen LogP contribution in [0.4, 0.5) is 5.82 Å². The number of methoxy groups -OCH3 is 1. The third-order valence-electron chi connectivity index (χ3n) is 2.17. The van der Waals surface area contributed by atoms with E-state index in [0.717, 1.165) is 18.5 Å². The normalized spacial score (nSPS) is 10.2. The number of nitrogens with zero attached hydrogens (tertiary/aromatic N) is 3. The van der Waals surface area contributed by atoms with Crippen LogP contribution in [-0.2, 0) is 17.7 Å². The highest BCUT2D eigenvalue weighted by molar-refractivity contribution is 5.52. The second kappa shape index (κ2) is 5.37. The Balaban J connectivity index is 2.94. The molecule has 0 atom stereocenters. The van der Waals surface area contributed by atoms with E-state index in [9.17, 15) is 0 Å². The number of nitrogens with two attached hydrogens (primary N) is 1. The van der Waals surface area contributed by atoms with Crippen molar-refractivity contribution < 1.29 is 4.74 Å². The molecule has 1 rings (SSSR count). The maximum Gasteiger partial charge on any atom is 0.140 e. The molecule has 0 spiro atoms. The molecular formula is C10H16N4O. The molecule has 0 aromatic carbocycles. The summed E-state index contributed by atoms with van der Waals surface area (Å²) in [6, 6.07) is 2.10. The van der Waals surface area contributed by atoms with Crippen LogP contribution in [0.15, 0.2) is 0 Å². The maximum atomic E-state index is 8.95. The molecule has 0 bridgehead atoms. The summed E-state index contributed by atoms with van der Waals surface area (Å²) in [5, 5.41) is 13.2.